The molecule has 3 aromatic rings. The van der Waals surface area contributed by atoms with Crippen LogP contribution in [-0.4, -0.2) is 35.1 Å². The van der Waals surface area contributed by atoms with Crippen LogP contribution in [0.3, 0.4) is 0 Å². The van der Waals surface area contributed by atoms with Gasteiger partial charge in [-0.25, -0.2) is 12.8 Å². The van der Waals surface area contributed by atoms with Crippen molar-refractivity contribution in [2.45, 2.75) is 24.8 Å². The lowest BCUT2D eigenvalue weighted by atomic mass is 10.1. The molecule has 0 aromatic heterocycles. The number of methoxy groups -OCH3 is 2. The Labute approximate surface area is 199 Å². The Bertz CT molecular complexity index is 1260. The summed E-state index contributed by atoms with van der Waals surface area (Å²) in [6.45, 7) is 3.13. The number of halogens is 1. The van der Waals surface area contributed by atoms with Crippen LogP contribution in [0.2, 0.25) is 0 Å². The van der Waals surface area contributed by atoms with Gasteiger partial charge in [0.1, 0.15) is 12.4 Å². The monoisotopic (exact) mass is 486 g/mol. The van der Waals surface area contributed by atoms with Gasteiger partial charge < -0.3 is 14.8 Å². The molecule has 7 nitrogen and oxygen atoms in total. The molecule has 1 N–H and O–H groups in total. The zero-order chi connectivity index (χ0) is 24.9. The molecule has 1 amide bonds. The topological polar surface area (TPSA) is 84.9 Å². The summed E-state index contributed by atoms with van der Waals surface area (Å²) in [6.07, 6.45) is 0. The first-order chi connectivity index (χ1) is 16.2. The Hall–Kier alpha value is -3.59. The molecule has 0 spiro atoms. The van der Waals surface area contributed by atoms with Crippen molar-refractivity contribution in [1.82, 2.24) is 5.32 Å². The molecule has 1 atom stereocenters. The molecule has 0 saturated carbocycles. The number of nitrogens with one attached hydrogen (secondary N) is 1. The number of anilines is 1. The highest BCUT2D eigenvalue weighted by Crippen LogP contribution is 2.32. The van der Waals surface area contributed by atoms with Gasteiger partial charge in [0.15, 0.2) is 11.5 Å². The van der Waals surface area contributed by atoms with Gasteiger partial charge in [0.2, 0.25) is 5.91 Å². The Morgan fingerprint density at radius 1 is 1.00 bits per heavy atom. The van der Waals surface area contributed by atoms with Crippen molar-refractivity contribution < 1.29 is 27.1 Å². The number of amides is 1. The highest BCUT2D eigenvalue weighted by Gasteiger charge is 2.30. The Morgan fingerprint density at radius 3 is 2.26 bits per heavy atom. The van der Waals surface area contributed by atoms with Crippen LogP contribution in [0.15, 0.2) is 71.6 Å². The van der Waals surface area contributed by atoms with Gasteiger partial charge in [0, 0.05) is 6.07 Å². The molecule has 0 radical (unpaired) electrons. The summed E-state index contributed by atoms with van der Waals surface area (Å²) in [5, 5.41) is 2.79. The van der Waals surface area contributed by atoms with Gasteiger partial charge in [0.25, 0.3) is 10.0 Å². The van der Waals surface area contributed by atoms with Crippen LogP contribution in [-0.2, 0) is 14.8 Å². The molecule has 34 heavy (non-hydrogen) atoms. The number of nitrogens with zero attached hydrogens (tertiary/aromatic N) is 1. The van der Waals surface area contributed by atoms with Gasteiger partial charge in [-0.3, -0.25) is 9.10 Å². The van der Waals surface area contributed by atoms with Crippen LogP contribution in [0, 0.1) is 12.7 Å². The van der Waals surface area contributed by atoms with E-state index in [0.29, 0.717) is 5.75 Å². The molecule has 0 aliphatic rings. The summed E-state index contributed by atoms with van der Waals surface area (Å²) in [6, 6.07) is 16.7. The summed E-state index contributed by atoms with van der Waals surface area (Å²) in [4.78, 5) is 12.7. The van der Waals surface area contributed by atoms with E-state index < -0.39 is 28.3 Å². The summed E-state index contributed by atoms with van der Waals surface area (Å²) < 4.78 is 52.9. The lowest BCUT2D eigenvalue weighted by Gasteiger charge is -2.25. The predicted octanol–water partition coefficient (Wildman–Crippen LogP) is 4.22. The Morgan fingerprint density at radius 2 is 1.65 bits per heavy atom. The number of hydrogen-bond donors (Lipinski definition) is 1. The molecule has 1 unspecified atom stereocenters. The molecule has 0 saturated heterocycles. The van der Waals surface area contributed by atoms with E-state index >= 15 is 0 Å². The molecule has 3 aromatic carbocycles. The summed E-state index contributed by atoms with van der Waals surface area (Å²) >= 11 is 0. The van der Waals surface area contributed by atoms with Gasteiger partial charge in [-0.05, 0) is 43.7 Å². The van der Waals surface area contributed by atoms with Crippen LogP contribution in [0.1, 0.15) is 24.1 Å². The fraction of sp³-hybridized carbons (Fsp3) is 0.240. The number of aryl methyl sites for hydroxylation is 1. The van der Waals surface area contributed by atoms with Crippen LogP contribution in [0.25, 0.3) is 0 Å². The normalized spacial score (nSPS) is 12.0. The third-order valence-electron chi connectivity index (χ3n) is 5.31. The number of rotatable bonds is 9. The van der Waals surface area contributed by atoms with Gasteiger partial charge >= 0.3 is 0 Å². The lowest BCUT2D eigenvalue weighted by Crippen LogP contribution is -2.42. The average Bonchev–Trinajstić information content (AvgIpc) is 2.82. The van der Waals surface area contributed by atoms with Crippen LogP contribution in [0.5, 0.6) is 11.5 Å². The van der Waals surface area contributed by atoms with Crippen molar-refractivity contribution in [2.24, 2.45) is 0 Å². The molecule has 0 aliphatic carbocycles. The number of sulfonamides is 1. The fourth-order valence-electron chi connectivity index (χ4n) is 3.41. The minimum atomic E-state index is -4.34. The standard InChI is InChI=1S/C25H27FN2O5S/c1-17-9-11-19(12-10-17)18(2)27-25(29)16-28(22-8-6-5-7-21(22)26)34(30,31)20-13-14-23(32-3)24(15-20)33-4/h5-15,18H,16H2,1-4H3,(H,27,29). The maximum Gasteiger partial charge on any atom is 0.265 e. The van der Waals surface area contributed by atoms with Gasteiger partial charge in [-0.1, -0.05) is 42.0 Å². The zero-order valence-electron chi connectivity index (χ0n) is 19.4. The summed E-state index contributed by atoms with van der Waals surface area (Å²) in [7, 11) is -1.53. The smallest absolute Gasteiger partial charge is 0.265 e. The SMILES string of the molecule is COc1ccc(S(=O)(=O)N(CC(=O)NC(C)c2ccc(C)cc2)c2ccccc2F)cc1OC. The van der Waals surface area contributed by atoms with E-state index in [1.807, 2.05) is 31.2 Å². The molecule has 0 aliphatic heterocycles. The maximum atomic E-state index is 14.7. The van der Waals surface area contributed by atoms with Gasteiger partial charge in [-0.15, -0.1) is 0 Å². The van der Waals surface area contributed by atoms with Crippen molar-refractivity contribution in [1.29, 1.82) is 0 Å². The highest BCUT2D eigenvalue weighted by atomic mass is 32.2. The number of carbonyl (C=O) groups excluding carboxylic acids is 1. The van der Waals surface area contributed by atoms with Gasteiger partial charge in [0.05, 0.1) is 30.8 Å². The molecule has 3 rings (SSSR count). The molecule has 0 heterocycles. The number of ether oxygens (including phenoxy) is 2. The second kappa shape index (κ2) is 10.6. The van der Waals surface area contributed by atoms with Crippen LogP contribution in [0.4, 0.5) is 10.1 Å². The second-order valence-corrected chi connectivity index (χ2v) is 9.54. The first-order valence-corrected chi connectivity index (χ1v) is 12.0. The fourth-order valence-corrected chi connectivity index (χ4v) is 4.86. The van der Waals surface area contributed by atoms with Crippen molar-refractivity contribution in [3.8, 4) is 11.5 Å². The van der Waals surface area contributed by atoms with E-state index in [4.69, 9.17) is 9.47 Å². The average molecular weight is 487 g/mol. The predicted molar refractivity (Wildman–Crippen MR) is 128 cm³/mol. The number of para-hydroxylation sites is 1. The highest BCUT2D eigenvalue weighted by molar-refractivity contribution is 7.92. The van der Waals surface area contributed by atoms with E-state index in [0.717, 1.165) is 21.5 Å². The minimum Gasteiger partial charge on any atom is -0.493 e. The second-order valence-electron chi connectivity index (χ2n) is 7.68. The first kappa shape index (κ1) is 25.0. The molecule has 9 heteroatoms. The molecule has 180 valence electrons. The largest absolute Gasteiger partial charge is 0.493 e. The van der Waals surface area contributed by atoms with Crippen molar-refractivity contribution in [2.75, 3.05) is 25.1 Å². The van der Waals surface area contributed by atoms with E-state index in [9.17, 15) is 17.6 Å². The third-order valence-corrected chi connectivity index (χ3v) is 7.06. The Kier molecular flexibility index (Phi) is 7.78. The summed E-state index contributed by atoms with van der Waals surface area (Å²) in [5.41, 5.74) is 1.70. The zero-order valence-corrected chi connectivity index (χ0v) is 20.2. The molecular weight excluding hydrogens is 459 g/mol. The van der Waals surface area contributed by atoms with Crippen LogP contribution < -0.4 is 19.1 Å². The molecular formula is C25H27FN2O5S. The van der Waals surface area contributed by atoms with Crippen molar-refractivity contribution >= 4 is 21.6 Å². The number of hydrogen-bond acceptors (Lipinski definition) is 5. The van der Waals surface area contributed by atoms with E-state index in [1.54, 1.807) is 6.92 Å². The number of carbonyl (C=O) groups is 1. The molecule has 0 fully saturated rings. The van der Waals surface area contributed by atoms with Gasteiger partial charge in [-0.2, -0.15) is 0 Å². The van der Waals surface area contributed by atoms with Crippen molar-refractivity contribution in [3.05, 3.63) is 83.7 Å². The van der Waals surface area contributed by atoms with E-state index in [1.165, 1.54) is 50.6 Å². The summed E-state index contributed by atoms with van der Waals surface area (Å²) in [5.74, 6) is -0.829. The quantitative estimate of drug-likeness (QED) is 0.490. The lowest BCUT2D eigenvalue weighted by molar-refractivity contribution is -0.120. The van der Waals surface area contributed by atoms with Crippen molar-refractivity contribution in [3.63, 3.8) is 0 Å². The van der Waals surface area contributed by atoms with E-state index in [2.05, 4.69) is 5.32 Å². The third kappa shape index (κ3) is 5.48. The minimum absolute atomic E-state index is 0.173. The first-order valence-electron chi connectivity index (χ1n) is 10.5. The number of benzene rings is 3. The Balaban J connectivity index is 1.95. The maximum absolute atomic E-state index is 14.7. The van der Waals surface area contributed by atoms with Crippen LogP contribution >= 0.6 is 0 Å². The molecule has 0 bridgehead atoms. The van der Waals surface area contributed by atoms with E-state index in [-0.39, 0.29) is 22.4 Å².